The number of hydrogen-bond acceptors (Lipinski definition) is 0. The molecule has 0 amide bonds. The zero-order chi connectivity index (χ0) is 8.43. The number of rotatable bonds is 1. The molecule has 1 aromatic carbocycles. The Morgan fingerprint density at radius 1 is 1.27 bits per heavy atom. The first-order valence-electron chi connectivity index (χ1n) is 3.68. The summed E-state index contributed by atoms with van der Waals surface area (Å²) in [6.45, 7) is 5.96. The standard InChI is InChI=1S/C10H12F/c1-7(2)10-6-9(11)5-4-8(10)3/h4-6H,1-3H3. The zero-order valence-corrected chi connectivity index (χ0v) is 7.11. The van der Waals surface area contributed by atoms with Gasteiger partial charge in [0, 0.05) is 0 Å². The van der Waals surface area contributed by atoms with E-state index in [1.54, 1.807) is 12.1 Å². The second-order valence-corrected chi connectivity index (χ2v) is 2.96. The summed E-state index contributed by atoms with van der Waals surface area (Å²) in [4.78, 5) is 0. The molecular weight excluding hydrogens is 139 g/mol. The summed E-state index contributed by atoms with van der Waals surface area (Å²) in [5.41, 5.74) is 2.15. The molecule has 0 aliphatic rings. The van der Waals surface area contributed by atoms with E-state index >= 15 is 0 Å². The Morgan fingerprint density at radius 2 is 1.91 bits per heavy atom. The molecular formula is C10H12F. The molecule has 0 atom stereocenters. The zero-order valence-electron chi connectivity index (χ0n) is 7.11. The Kier molecular flexibility index (Phi) is 2.28. The Balaban J connectivity index is 3.13. The van der Waals surface area contributed by atoms with Crippen molar-refractivity contribution in [3.8, 4) is 0 Å². The molecule has 0 aliphatic heterocycles. The summed E-state index contributed by atoms with van der Waals surface area (Å²) in [6, 6.07) is 4.87. The van der Waals surface area contributed by atoms with Crippen molar-refractivity contribution in [3.05, 3.63) is 41.1 Å². The van der Waals surface area contributed by atoms with Crippen LogP contribution in [0.5, 0.6) is 0 Å². The lowest BCUT2D eigenvalue weighted by molar-refractivity contribution is 0.625. The predicted molar refractivity (Wildman–Crippen MR) is 44.8 cm³/mol. The minimum absolute atomic E-state index is 0.160. The Hall–Kier alpha value is -0.850. The van der Waals surface area contributed by atoms with Crippen molar-refractivity contribution in [1.29, 1.82) is 0 Å². The van der Waals surface area contributed by atoms with Gasteiger partial charge in [-0.1, -0.05) is 19.9 Å². The number of benzene rings is 1. The van der Waals surface area contributed by atoms with Gasteiger partial charge in [-0.3, -0.25) is 0 Å². The van der Waals surface area contributed by atoms with Gasteiger partial charge in [0.15, 0.2) is 0 Å². The summed E-state index contributed by atoms with van der Waals surface area (Å²) in [5.74, 6) is 0.994. The van der Waals surface area contributed by atoms with Gasteiger partial charge in [0.05, 0.1) is 0 Å². The van der Waals surface area contributed by atoms with Crippen LogP contribution in [0.15, 0.2) is 18.2 Å². The molecule has 59 valence electrons. The normalized spacial score (nSPS) is 10.6. The average molecular weight is 151 g/mol. The molecule has 0 aliphatic carbocycles. The van der Waals surface area contributed by atoms with E-state index in [0.29, 0.717) is 0 Å². The molecule has 1 heteroatoms. The summed E-state index contributed by atoms with van der Waals surface area (Å²) in [6.07, 6.45) is 0. The summed E-state index contributed by atoms with van der Waals surface area (Å²) in [7, 11) is 0. The van der Waals surface area contributed by atoms with Crippen molar-refractivity contribution in [2.75, 3.05) is 0 Å². The molecule has 0 bridgehead atoms. The molecule has 0 aromatic heterocycles. The van der Waals surface area contributed by atoms with Crippen LogP contribution in [-0.4, -0.2) is 0 Å². The quantitative estimate of drug-likeness (QED) is 0.578. The second kappa shape index (κ2) is 3.04. The molecule has 0 fully saturated rings. The van der Waals surface area contributed by atoms with E-state index in [2.05, 4.69) is 0 Å². The molecule has 11 heavy (non-hydrogen) atoms. The van der Waals surface area contributed by atoms with Crippen molar-refractivity contribution in [2.24, 2.45) is 0 Å². The minimum Gasteiger partial charge on any atom is -0.207 e. The van der Waals surface area contributed by atoms with Gasteiger partial charge < -0.3 is 0 Å². The number of hydrogen-bond donors (Lipinski definition) is 0. The molecule has 0 unspecified atom stereocenters. The van der Waals surface area contributed by atoms with E-state index in [0.717, 1.165) is 17.0 Å². The molecule has 0 heterocycles. The first-order chi connectivity index (χ1) is 5.11. The van der Waals surface area contributed by atoms with Crippen molar-refractivity contribution < 1.29 is 4.39 Å². The van der Waals surface area contributed by atoms with Gasteiger partial charge in [-0.05, 0) is 36.1 Å². The SMILES string of the molecule is C[C](C)c1cc(F)ccc1C. The largest absolute Gasteiger partial charge is 0.207 e. The fourth-order valence-corrected chi connectivity index (χ4v) is 1.13. The van der Waals surface area contributed by atoms with E-state index in [-0.39, 0.29) is 5.82 Å². The Morgan fingerprint density at radius 3 is 2.36 bits per heavy atom. The highest BCUT2D eigenvalue weighted by atomic mass is 19.1. The summed E-state index contributed by atoms with van der Waals surface area (Å²) < 4.78 is 12.7. The minimum atomic E-state index is -0.160. The Bertz CT molecular complexity index is 251. The van der Waals surface area contributed by atoms with Gasteiger partial charge in [-0.2, -0.15) is 0 Å². The molecule has 1 radical (unpaired) electrons. The average Bonchev–Trinajstić information content (AvgIpc) is 1.94. The molecule has 0 N–H and O–H groups in total. The summed E-state index contributed by atoms with van der Waals surface area (Å²) >= 11 is 0. The summed E-state index contributed by atoms with van der Waals surface area (Å²) in [5, 5.41) is 0. The highest BCUT2D eigenvalue weighted by molar-refractivity contribution is 5.36. The van der Waals surface area contributed by atoms with Crippen LogP contribution in [0.25, 0.3) is 0 Å². The monoisotopic (exact) mass is 151 g/mol. The van der Waals surface area contributed by atoms with Gasteiger partial charge in [0.1, 0.15) is 5.82 Å². The van der Waals surface area contributed by atoms with E-state index < -0.39 is 0 Å². The van der Waals surface area contributed by atoms with Gasteiger partial charge in [-0.25, -0.2) is 4.39 Å². The molecule has 0 saturated carbocycles. The molecule has 0 spiro atoms. The van der Waals surface area contributed by atoms with E-state index in [4.69, 9.17) is 0 Å². The maximum atomic E-state index is 12.7. The van der Waals surface area contributed by atoms with Crippen LogP contribution in [0, 0.1) is 18.7 Å². The van der Waals surface area contributed by atoms with Gasteiger partial charge >= 0.3 is 0 Å². The smallest absolute Gasteiger partial charge is 0.123 e. The lowest BCUT2D eigenvalue weighted by Gasteiger charge is -2.07. The molecule has 0 nitrogen and oxygen atoms in total. The second-order valence-electron chi connectivity index (χ2n) is 2.96. The molecule has 1 rings (SSSR count). The van der Waals surface area contributed by atoms with Crippen molar-refractivity contribution >= 4 is 0 Å². The predicted octanol–water partition coefficient (Wildman–Crippen LogP) is 3.10. The highest BCUT2D eigenvalue weighted by Gasteiger charge is 2.03. The maximum absolute atomic E-state index is 12.7. The van der Waals surface area contributed by atoms with E-state index in [1.165, 1.54) is 6.07 Å². The third-order valence-corrected chi connectivity index (χ3v) is 1.74. The number of halogens is 1. The van der Waals surface area contributed by atoms with Crippen LogP contribution in [0.1, 0.15) is 25.0 Å². The van der Waals surface area contributed by atoms with Crippen LogP contribution in [-0.2, 0) is 0 Å². The third kappa shape index (κ3) is 1.79. The van der Waals surface area contributed by atoms with E-state index in [9.17, 15) is 4.39 Å². The fourth-order valence-electron chi connectivity index (χ4n) is 1.13. The van der Waals surface area contributed by atoms with Crippen molar-refractivity contribution in [2.45, 2.75) is 20.8 Å². The molecule has 1 aromatic rings. The lowest BCUT2D eigenvalue weighted by Crippen LogP contribution is -1.93. The maximum Gasteiger partial charge on any atom is 0.123 e. The topological polar surface area (TPSA) is 0 Å². The van der Waals surface area contributed by atoms with Gasteiger partial charge in [0.25, 0.3) is 0 Å². The first kappa shape index (κ1) is 8.25. The highest BCUT2D eigenvalue weighted by Crippen LogP contribution is 2.18. The van der Waals surface area contributed by atoms with E-state index in [1.807, 2.05) is 20.8 Å². The van der Waals surface area contributed by atoms with Crippen LogP contribution in [0.3, 0.4) is 0 Å². The van der Waals surface area contributed by atoms with Crippen molar-refractivity contribution in [3.63, 3.8) is 0 Å². The number of aryl methyl sites for hydroxylation is 1. The Labute approximate surface area is 67.1 Å². The first-order valence-corrected chi connectivity index (χ1v) is 3.68. The van der Waals surface area contributed by atoms with Crippen LogP contribution < -0.4 is 0 Å². The third-order valence-electron chi connectivity index (χ3n) is 1.74. The van der Waals surface area contributed by atoms with Crippen molar-refractivity contribution in [1.82, 2.24) is 0 Å². The van der Waals surface area contributed by atoms with Gasteiger partial charge in [0.2, 0.25) is 0 Å². The molecule has 0 saturated heterocycles. The van der Waals surface area contributed by atoms with Gasteiger partial charge in [-0.15, -0.1) is 0 Å². The fraction of sp³-hybridized carbons (Fsp3) is 0.300. The van der Waals surface area contributed by atoms with Crippen LogP contribution in [0.4, 0.5) is 4.39 Å². The van der Waals surface area contributed by atoms with Crippen LogP contribution in [0.2, 0.25) is 0 Å². The van der Waals surface area contributed by atoms with Crippen LogP contribution >= 0.6 is 0 Å². The lowest BCUT2D eigenvalue weighted by atomic mass is 9.98.